The van der Waals surface area contributed by atoms with Crippen molar-refractivity contribution in [1.29, 1.82) is 0 Å². The normalized spacial score (nSPS) is 12.5. The van der Waals surface area contributed by atoms with E-state index in [0.717, 1.165) is 4.90 Å². The van der Waals surface area contributed by atoms with Gasteiger partial charge < -0.3 is 10.1 Å². The predicted octanol–water partition coefficient (Wildman–Crippen LogP) is 3.38. The number of hydrogen-bond acceptors (Lipinski definition) is 5. The van der Waals surface area contributed by atoms with Crippen molar-refractivity contribution in [3.63, 3.8) is 0 Å². The lowest BCUT2D eigenvalue weighted by Crippen LogP contribution is -2.41. The van der Waals surface area contributed by atoms with Gasteiger partial charge in [-0.1, -0.05) is 23.7 Å². The van der Waals surface area contributed by atoms with Gasteiger partial charge >= 0.3 is 0 Å². The van der Waals surface area contributed by atoms with Crippen molar-refractivity contribution in [2.75, 3.05) is 18.7 Å². The van der Waals surface area contributed by atoms with E-state index in [9.17, 15) is 13.2 Å². The molecule has 1 atom stereocenters. The van der Waals surface area contributed by atoms with Crippen molar-refractivity contribution in [3.05, 3.63) is 47.5 Å². The number of para-hydroxylation sites is 1. The summed E-state index contributed by atoms with van der Waals surface area (Å²) in [5.74, 6) is -0.335. The van der Waals surface area contributed by atoms with Crippen molar-refractivity contribution >= 4 is 45.0 Å². The number of anilines is 1. The maximum absolute atomic E-state index is 12.6. The lowest BCUT2D eigenvalue weighted by molar-refractivity contribution is -0.117. The first kappa shape index (κ1) is 20.6. The van der Waals surface area contributed by atoms with E-state index in [1.54, 1.807) is 12.1 Å². The predicted molar refractivity (Wildman–Crippen MR) is 105 cm³/mol. The highest BCUT2D eigenvalue weighted by Crippen LogP contribution is 2.27. The van der Waals surface area contributed by atoms with E-state index in [-0.39, 0.29) is 15.7 Å². The Hall–Kier alpha value is -1.74. The summed E-state index contributed by atoms with van der Waals surface area (Å²) in [5.41, 5.74) is 0.622. The Bertz CT molecular complexity index is 903. The first-order valence-corrected chi connectivity index (χ1v) is 10.7. The molecule has 0 fully saturated rings. The first-order valence-electron chi connectivity index (χ1n) is 7.58. The second kappa shape index (κ2) is 8.77. The van der Waals surface area contributed by atoms with Crippen molar-refractivity contribution in [2.24, 2.45) is 0 Å². The third-order valence-electron chi connectivity index (χ3n) is 3.51. The molecule has 2 aromatic rings. The number of carbonyl (C=O) groups excluding carboxylic acids is 1. The van der Waals surface area contributed by atoms with Gasteiger partial charge in [-0.25, -0.2) is 8.42 Å². The van der Waals surface area contributed by atoms with Crippen LogP contribution >= 0.6 is 23.4 Å². The van der Waals surface area contributed by atoms with E-state index in [0.29, 0.717) is 5.69 Å². The van der Waals surface area contributed by atoms with Crippen LogP contribution in [0.4, 0.5) is 5.69 Å². The molecule has 0 aromatic heterocycles. The summed E-state index contributed by atoms with van der Waals surface area (Å²) in [5, 5.41) is 2.98. The number of thioether (sulfide) groups is 1. The van der Waals surface area contributed by atoms with Gasteiger partial charge in [-0.15, -0.1) is 11.8 Å². The highest BCUT2D eigenvalue weighted by Gasteiger charge is 2.25. The molecule has 0 spiro atoms. The maximum atomic E-state index is 12.6. The van der Waals surface area contributed by atoms with Gasteiger partial charge in [-0.3, -0.25) is 4.79 Å². The molecular formula is C17H19ClN2O4S2. The highest BCUT2D eigenvalue weighted by atomic mass is 35.5. The Morgan fingerprint density at radius 1 is 1.23 bits per heavy atom. The van der Waals surface area contributed by atoms with Gasteiger partial charge in [0.05, 0.1) is 18.8 Å². The van der Waals surface area contributed by atoms with E-state index in [1.807, 2.05) is 18.4 Å². The van der Waals surface area contributed by atoms with Crippen LogP contribution in [0.25, 0.3) is 0 Å². The molecule has 0 aliphatic heterocycles. The van der Waals surface area contributed by atoms with E-state index >= 15 is 0 Å². The molecule has 2 aromatic carbocycles. The van der Waals surface area contributed by atoms with Crippen molar-refractivity contribution in [1.82, 2.24) is 4.72 Å². The van der Waals surface area contributed by atoms with Crippen LogP contribution in [0.3, 0.4) is 0 Å². The van der Waals surface area contributed by atoms with Gasteiger partial charge in [-0.2, -0.15) is 4.72 Å². The molecule has 26 heavy (non-hydrogen) atoms. The maximum Gasteiger partial charge on any atom is 0.245 e. The van der Waals surface area contributed by atoms with Crippen LogP contribution < -0.4 is 14.8 Å². The molecular weight excluding hydrogens is 396 g/mol. The van der Waals surface area contributed by atoms with Gasteiger partial charge in [0.1, 0.15) is 10.6 Å². The zero-order chi connectivity index (χ0) is 19.3. The van der Waals surface area contributed by atoms with Crippen LogP contribution in [-0.2, 0) is 14.8 Å². The van der Waals surface area contributed by atoms with Gasteiger partial charge in [0.25, 0.3) is 0 Å². The molecule has 0 saturated carbocycles. The molecule has 0 radical (unpaired) electrons. The number of hydrogen-bond donors (Lipinski definition) is 2. The summed E-state index contributed by atoms with van der Waals surface area (Å²) in [6, 6.07) is 10.5. The summed E-state index contributed by atoms with van der Waals surface area (Å²) in [6.07, 6.45) is 1.89. The molecule has 0 aliphatic rings. The van der Waals surface area contributed by atoms with E-state index in [1.165, 1.54) is 44.0 Å². The number of halogens is 1. The lowest BCUT2D eigenvalue weighted by atomic mass is 10.3. The second-order valence-corrected chi connectivity index (χ2v) is 8.29. The Labute approximate surface area is 162 Å². The van der Waals surface area contributed by atoms with Crippen molar-refractivity contribution in [3.8, 4) is 5.75 Å². The molecule has 0 unspecified atom stereocenters. The molecule has 9 heteroatoms. The fraction of sp³-hybridized carbons (Fsp3) is 0.235. The summed E-state index contributed by atoms with van der Waals surface area (Å²) in [7, 11) is -2.64. The molecule has 0 heterocycles. The Kier molecular flexibility index (Phi) is 6.94. The Balaban J connectivity index is 2.19. The number of amides is 1. The monoisotopic (exact) mass is 414 g/mol. The SMILES string of the molecule is COc1ccc(Cl)cc1S(=O)(=O)N[C@H](C)C(=O)Nc1ccccc1SC. The van der Waals surface area contributed by atoms with E-state index in [4.69, 9.17) is 16.3 Å². The standard InChI is InChI=1S/C17H19ClN2O4S2/c1-11(17(21)19-13-6-4-5-7-15(13)25-3)20-26(22,23)16-10-12(18)8-9-14(16)24-2/h4-11,20H,1-3H3,(H,19,21)/t11-/m1/s1. The molecule has 0 bridgehead atoms. The van der Waals surface area contributed by atoms with E-state index < -0.39 is 22.0 Å². The summed E-state index contributed by atoms with van der Waals surface area (Å²) in [6.45, 7) is 1.46. The molecule has 2 rings (SSSR count). The highest BCUT2D eigenvalue weighted by molar-refractivity contribution is 7.98. The van der Waals surface area contributed by atoms with Gasteiger partial charge in [-0.05, 0) is 43.5 Å². The fourth-order valence-electron chi connectivity index (χ4n) is 2.20. The van der Waals surface area contributed by atoms with Gasteiger partial charge in [0.2, 0.25) is 15.9 Å². The topological polar surface area (TPSA) is 84.5 Å². The molecule has 1 amide bonds. The third-order valence-corrected chi connectivity index (χ3v) is 6.10. The number of benzene rings is 2. The Morgan fingerprint density at radius 2 is 1.92 bits per heavy atom. The van der Waals surface area contributed by atoms with Gasteiger partial charge in [0, 0.05) is 9.92 Å². The van der Waals surface area contributed by atoms with Crippen LogP contribution in [-0.4, -0.2) is 33.7 Å². The summed E-state index contributed by atoms with van der Waals surface area (Å²) < 4.78 is 32.7. The van der Waals surface area contributed by atoms with E-state index in [2.05, 4.69) is 10.0 Å². The minimum absolute atomic E-state index is 0.128. The van der Waals surface area contributed by atoms with Crippen LogP contribution in [0, 0.1) is 0 Å². The third kappa shape index (κ3) is 4.91. The number of methoxy groups -OCH3 is 1. The number of rotatable bonds is 7. The minimum atomic E-state index is -4.00. The van der Waals surface area contributed by atoms with Crippen LogP contribution in [0.2, 0.25) is 5.02 Å². The van der Waals surface area contributed by atoms with Crippen LogP contribution in [0.5, 0.6) is 5.75 Å². The minimum Gasteiger partial charge on any atom is -0.495 e. The average molecular weight is 415 g/mol. The molecule has 0 aliphatic carbocycles. The largest absolute Gasteiger partial charge is 0.495 e. The van der Waals surface area contributed by atoms with Crippen molar-refractivity contribution in [2.45, 2.75) is 22.8 Å². The zero-order valence-corrected chi connectivity index (χ0v) is 16.8. The van der Waals surface area contributed by atoms with Crippen LogP contribution in [0.1, 0.15) is 6.92 Å². The average Bonchev–Trinajstić information content (AvgIpc) is 2.61. The van der Waals surface area contributed by atoms with Crippen LogP contribution in [0.15, 0.2) is 52.3 Å². The second-order valence-electron chi connectivity index (χ2n) is 5.33. The molecule has 2 N–H and O–H groups in total. The number of nitrogens with one attached hydrogen (secondary N) is 2. The summed E-state index contributed by atoms with van der Waals surface area (Å²) in [4.78, 5) is 13.2. The van der Waals surface area contributed by atoms with Gasteiger partial charge in [0.15, 0.2) is 0 Å². The molecule has 6 nitrogen and oxygen atoms in total. The smallest absolute Gasteiger partial charge is 0.245 e. The Morgan fingerprint density at radius 3 is 2.58 bits per heavy atom. The molecule has 140 valence electrons. The van der Waals surface area contributed by atoms with Crippen molar-refractivity contribution < 1.29 is 17.9 Å². The number of sulfonamides is 1. The number of ether oxygens (including phenoxy) is 1. The molecule has 0 saturated heterocycles. The zero-order valence-electron chi connectivity index (χ0n) is 14.4. The first-order chi connectivity index (χ1) is 12.3. The lowest BCUT2D eigenvalue weighted by Gasteiger charge is -2.17. The quantitative estimate of drug-likeness (QED) is 0.678. The fourth-order valence-corrected chi connectivity index (χ4v) is 4.39. The number of carbonyl (C=O) groups is 1. The summed E-state index contributed by atoms with van der Waals surface area (Å²) >= 11 is 7.37.